The summed E-state index contributed by atoms with van der Waals surface area (Å²) < 4.78 is 6.57. The van der Waals surface area contributed by atoms with Crippen molar-refractivity contribution in [2.24, 2.45) is 0 Å². The maximum absolute atomic E-state index is 9.87. The summed E-state index contributed by atoms with van der Waals surface area (Å²) in [7, 11) is 1.47. The van der Waals surface area contributed by atoms with Gasteiger partial charge in [0.15, 0.2) is 11.5 Å². The number of allylic oxidation sites excluding steroid dienone is 1. The first-order valence-electron chi connectivity index (χ1n) is 6.76. The van der Waals surface area contributed by atoms with Crippen LogP contribution in [0.3, 0.4) is 0 Å². The van der Waals surface area contributed by atoms with Crippen LogP contribution in [0.25, 0.3) is 21.9 Å². The zero-order valence-corrected chi connectivity index (χ0v) is 15.5. The van der Waals surface area contributed by atoms with Gasteiger partial charge in [-0.3, -0.25) is 0 Å². The predicted molar refractivity (Wildman–Crippen MR) is 100 cm³/mol. The van der Waals surface area contributed by atoms with Gasteiger partial charge >= 0.3 is 0 Å². The zero-order chi connectivity index (χ0) is 17.3. The number of aromatic nitrogens is 1. The Morgan fingerprint density at radius 3 is 2.92 bits per heavy atom. The predicted octanol–water partition coefficient (Wildman–Crippen LogP) is 5.49. The van der Waals surface area contributed by atoms with Crippen LogP contribution in [0, 0.1) is 11.3 Å². The van der Waals surface area contributed by atoms with Crippen LogP contribution in [0.15, 0.2) is 34.8 Å². The molecule has 0 aliphatic heterocycles. The minimum atomic E-state index is 0.0165. The van der Waals surface area contributed by atoms with Gasteiger partial charge in [-0.25, -0.2) is 4.98 Å². The van der Waals surface area contributed by atoms with Gasteiger partial charge in [0.25, 0.3) is 0 Å². The molecule has 0 saturated carbocycles. The molecule has 0 aliphatic rings. The van der Waals surface area contributed by atoms with E-state index in [1.807, 2.05) is 6.07 Å². The quantitative estimate of drug-likeness (QED) is 0.568. The van der Waals surface area contributed by atoms with E-state index >= 15 is 0 Å². The number of ether oxygens (including phenoxy) is 1. The van der Waals surface area contributed by atoms with Gasteiger partial charge in [-0.05, 0) is 57.9 Å². The number of methoxy groups -OCH3 is 1. The molecule has 4 nitrogen and oxygen atoms in total. The van der Waals surface area contributed by atoms with Gasteiger partial charge < -0.3 is 9.84 Å². The first-order valence-corrected chi connectivity index (χ1v) is 8.75. The number of nitriles is 1. The fourth-order valence-corrected chi connectivity index (χ4v) is 3.70. The summed E-state index contributed by atoms with van der Waals surface area (Å²) in [5.41, 5.74) is 1.89. The second-order valence-corrected chi connectivity index (χ2v) is 7.18. The molecule has 3 rings (SSSR count). The first-order chi connectivity index (χ1) is 11.5. The summed E-state index contributed by atoms with van der Waals surface area (Å²) >= 11 is 10.7. The summed E-state index contributed by atoms with van der Waals surface area (Å²) in [6, 6.07) is 11.0. The number of rotatable bonds is 3. The van der Waals surface area contributed by atoms with Gasteiger partial charge in [0.2, 0.25) is 0 Å². The van der Waals surface area contributed by atoms with E-state index in [0.717, 1.165) is 10.2 Å². The highest BCUT2D eigenvalue weighted by atomic mass is 79.9. The highest BCUT2D eigenvalue weighted by Gasteiger charge is 2.12. The largest absolute Gasteiger partial charge is 0.503 e. The number of nitrogens with zero attached hydrogens (tertiary/aromatic N) is 2. The van der Waals surface area contributed by atoms with Crippen molar-refractivity contribution in [3.8, 4) is 17.6 Å². The van der Waals surface area contributed by atoms with Crippen LogP contribution in [-0.2, 0) is 0 Å². The molecule has 24 heavy (non-hydrogen) atoms. The normalized spacial score (nSPS) is 11.5. The van der Waals surface area contributed by atoms with Gasteiger partial charge in [-0.1, -0.05) is 11.6 Å². The molecule has 3 aromatic rings. The molecule has 0 bridgehead atoms. The third kappa shape index (κ3) is 3.24. The smallest absolute Gasteiger partial charge is 0.172 e. The van der Waals surface area contributed by atoms with Crippen molar-refractivity contribution < 1.29 is 9.84 Å². The number of benzene rings is 2. The average Bonchev–Trinajstić information content (AvgIpc) is 2.98. The van der Waals surface area contributed by atoms with E-state index in [9.17, 15) is 10.4 Å². The van der Waals surface area contributed by atoms with Crippen molar-refractivity contribution in [3.05, 3.63) is 50.4 Å². The van der Waals surface area contributed by atoms with E-state index in [2.05, 4.69) is 27.0 Å². The molecule has 7 heteroatoms. The summed E-state index contributed by atoms with van der Waals surface area (Å²) in [5.74, 6) is 0.340. The molecule has 0 saturated heterocycles. The van der Waals surface area contributed by atoms with Crippen LogP contribution in [0.2, 0.25) is 5.02 Å². The van der Waals surface area contributed by atoms with Crippen LogP contribution in [0.4, 0.5) is 0 Å². The molecular weight excluding hydrogens is 412 g/mol. The highest BCUT2D eigenvalue weighted by Crippen LogP contribution is 2.37. The van der Waals surface area contributed by atoms with E-state index in [0.29, 0.717) is 31.4 Å². The molecule has 0 atom stereocenters. The Morgan fingerprint density at radius 2 is 2.21 bits per heavy atom. The van der Waals surface area contributed by atoms with Crippen LogP contribution in [0.5, 0.6) is 11.5 Å². The highest BCUT2D eigenvalue weighted by molar-refractivity contribution is 9.10. The molecule has 2 aromatic carbocycles. The maximum Gasteiger partial charge on any atom is 0.172 e. The van der Waals surface area contributed by atoms with Crippen molar-refractivity contribution in [2.75, 3.05) is 7.11 Å². The van der Waals surface area contributed by atoms with Gasteiger partial charge in [0, 0.05) is 5.02 Å². The van der Waals surface area contributed by atoms with Crippen LogP contribution in [0.1, 0.15) is 10.6 Å². The number of phenolic OH excluding ortho intramolecular Hbond substituents is 1. The second kappa shape index (κ2) is 6.81. The average molecular weight is 422 g/mol. The topological polar surface area (TPSA) is 66.1 Å². The third-order valence-electron chi connectivity index (χ3n) is 3.28. The number of hydrogen-bond donors (Lipinski definition) is 1. The van der Waals surface area contributed by atoms with Crippen LogP contribution in [-0.4, -0.2) is 17.2 Å². The van der Waals surface area contributed by atoms with Crippen molar-refractivity contribution >= 4 is 60.7 Å². The van der Waals surface area contributed by atoms with Gasteiger partial charge in [-0.15, -0.1) is 11.3 Å². The number of aromatic hydroxyl groups is 1. The lowest BCUT2D eigenvalue weighted by molar-refractivity contribution is 0.372. The van der Waals surface area contributed by atoms with Gasteiger partial charge in [-0.2, -0.15) is 5.26 Å². The van der Waals surface area contributed by atoms with E-state index in [1.54, 1.807) is 30.3 Å². The molecule has 0 spiro atoms. The standard InChI is InChI=1S/C17H10BrClN2O2S/c1-23-14-6-9(5-12(18)16(14)22)4-10(8-20)17-21-13-7-11(19)2-3-15(13)24-17/h2-7,22H,1H3. The Bertz CT molecular complexity index is 1010. The van der Waals surface area contributed by atoms with Crippen molar-refractivity contribution in [1.29, 1.82) is 5.26 Å². The number of thiazole rings is 1. The molecule has 120 valence electrons. The Morgan fingerprint density at radius 1 is 1.42 bits per heavy atom. The Hall–Kier alpha value is -2.07. The molecule has 0 aliphatic carbocycles. The molecule has 0 amide bonds. The summed E-state index contributed by atoms with van der Waals surface area (Å²) in [5, 5.41) is 20.6. The molecule has 1 aromatic heterocycles. The number of hydrogen-bond acceptors (Lipinski definition) is 5. The van der Waals surface area contributed by atoms with Crippen LogP contribution >= 0.6 is 38.9 Å². The Labute approximate surface area is 155 Å². The SMILES string of the molecule is COc1cc(C=C(C#N)c2nc3cc(Cl)ccc3s2)cc(Br)c1O. The molecular formula is C17H10BrClN2O2S. The van der Waals surface area contributed by atoms with Gasteiger partial charge in [0.1, 0.15) is 11.1 Å². The number of halogens is 2. The molecule has 0 fully saturated rings. The first kappa shape index (κ1) is 16.8. The minimum absolute atomic E-state index is 0.0165. The fraction of sp³-hybridized carbons (Fsp3) is 0.0588. The van der Waals surface area contributed by atoms with E-state index < -0.39 is 0 Å². The molecule has 1 heterocycles. The fourth-order valence-electron chi connectivity index (χ4n) is 2.16. The third-order valence-corrected chi connectivity index (χ3v) is 5.19. The summed E-state index contributed by atoms with van der Waals surface area (Å²) in [4.78, 5) is 4.47. The van der Waals surface area contributed by atoms with Crippen molar-refractivity contribution in [3.63, 3.8) is 0 Å². The monoisotopic (exact) mass is 420 g/mol. The van der Waals surface area contributed by atoms with Crippen LogP contribution < -0.4 is 4.74 Å². The van der Waals surface area contributed by atoms with E-state index in [1.165, 1.54) is 18.4 Å². The minimum Gasteiger partial charge on any atom is -0.503 e. The number of phenols is 1. The maximum atomic E-state index is 9.87. The lowest BCUT2D eigenvalue weighted by atomic mass is 10.1. The molecule has 1 N–H and O–H groups in total. The molecule has 0 unspecified atom stereocenters. The summed E-state index contributed by atoms with van der Waals surface area (Å²) in [6.07, 6.45) is 1.70. The van der Waals surface area contributed by atoms with Crippen molar-refractivity contribution in [2.45, 2.75) is 0 Å². The summed E-state index contributed by atoms with van der Waals surface area (Å²) in [6.45, 7) is 0. The Balaban J connectivity index is 2.09. The lowest BCUT2D eigenvalue weighted by Gasteiger charge is -2.06. The molecule has 0 radical (unpaired) electrons. The number of fused-ring (bicyclic) bond motifs is 1. The van der Waals surface area contributed by atoms with Gasteiger partial charge in [0.05, 0.1) is 27.4 Å². The zero-order valence-electron chi connectivity index (χ0n) is 12.4. The lowest BCUT2D eigenvalue weighted by Crippen LogP contribution is -1.87. The van der Waals surface area contributed by atoms with E-state index in [-0.39, 0.29) is 5.75 Å². The second-order valence-electron chi connectivity index (χ2n) is 4.85. The van der Waals surface area contributed by atoms with Crippen molar-refractivity contribution in [1.82, 2.24) is 4.98 Å². The Kier molecular flexibility index (Phi) is 4.76. The van der Waals surface area contributed by atoms with E-state index in [4.69, 9.17) is 16.3 Å².